The van der Waals surface area contributed by atoms with Crippen molar-refractivity contribution in [2.45, 2.75) is 52.2 Å². The first-order valence-electron chi connectivity index (χ1n) is 5.17. The third kappa shape index (κ3) is 2.35. The highest BCUT2D eigenvalue weighted by Gasteiger charge is 2.25. The number of aromatic nitrogens is 2. The van der Waals surface area contributed by atoms with Crippen molar-refractivity contribution in [1.82, 2.24) is 9.78 Å². The predicted octanol–water partition coefficient (Wildman–Crippen LogP) is 1.95. The number of aryl methyl sites for hydroxylation is 1. The van der Waals surface area contributed by atoms with Crippen LogP contribution < -0.4 is 0 Å². The molecule has 0 fully saturated rings. The highest BCUT2D eigenvalue weighted by molar-refractivity contribution is 5.13. The fourth-order valence-electron chi connectivity index (χ4n) is 2.00. The molecule has 3 heteroatoms. The lowest BCUT2D eigenvalue weighted by atomic mass is 9.83. The van der Waals surface area contributed by atoms with Gasteiger partial charge < -0.3 is 5.11 Å². The molecule has 3 nitrogen and oxygen atoms in total. The first-order chi connectivity index (χ1) is 6.47. The number of rotatable bonds is 4. The number of hydrogen-bond donors (Lipinski definition) is 1. The Morgan fingerprint density at radius 2 is 2.21 bits per heavy atom. The van der Waals surface area contributed by atoms with Crippen LogP contribution in [0.15, 0.2) is 12.3 Å². The number of hydrogen-bond acceptors (Lipinski definition) is 2. The second-order valence-electron chi connectivity index (χ2n) is 4.47. The predicted molar refractivity (Wildman–Crippen MR) is 57.2 cm³/mol. The van der Waals surface area contributed by atoms with E-state index in [9.17, 15) is 5.11 Å². The molecule has 0 saturated heterocycles. The van der Waals surface area contributed by atoms with Gasteiger partial charge in [0, 0.05) is 23.9 Å². The molecule has 1 aromatic rings. The molecule has 0 aliphatic heterocycles. The summed E-state index contributed by atoms with van der Waals surface area (Å²) >= 11 is 0. The molecule has 0 amide bonds. The number of nitrogens with zero attached hydrogens (tertiary/aromatic N) is 2. The van der Waals surface area contributed by atoms with Gasteiger partial charge in [0.1, 0.15) is 0 Å². The minimum Gasteiger partial charge on any atom is -0.393 e. The third-order valence-electron chi connectivity index (χ3n) is 2.52. The summed E-state index contributed by atoms with van der Waals surface area (Å²) in [5, 5.41) is 13.7. The lowest BCUT2D eigenvalue weighted by Crippen LogP contribution is -2.26. The Hall–Kier alpha value is -0.830. The summed E-state index contributed by atoms with van der Waals surface area (Å²) in [4.78, 5) is 0. The Balaban J connectivity index is 2.90. The van der Waals surface area contributed by atoms with Crippen molar-refractivity contribution in [3.8, 4) is 0 Å². The highest BCUT2D eigenvalue weighted by Crippen LogP contribution is 2.27. The summed E-state index contributed by atoms with van der Waals surface area (Å²) in [6.07, 6.45) is 2.31. The molecule has 0 aliphatic carbocycles. The Labute approximate surface area is 85.8 Å². The van der Waals surface area contributed by atoms with Crippen LogP contribution in [0.3, 0.4) is 0 Å². The summed E-state index contributed by atoms with van der Waals surface area (Å²) in [6.45, 7) is 9.07. The standard InChI is InChI=1S/C11H20N2O/c1-5-13-10(6-7-12-13)11(3,4)8-9(2)14/h6-7,9,14H,5,8H2,1-4H3. The lowest BCUT2D eigenvalue weighted by molar-refractivity contribution is 0.154. The first kappa shape index (κ1) is 11.2. The number of aliphatic hydroxyl groups is 1. The van der Waals surface area contributed by atoms with E-state index in [-0.39, 0.29) is 11.5 Å². The van der Waals surface area contributed by atoms with E-state index < -0.39 is 0 Å². The smallest absolute Gasteiger partial charge is 0.0521 e. The first-order valence-corrected chi connectivity index (χ1v) is 5.17. The Bertz CT molecular complexity index is 289. The van der Waals surface area contributed by atoms with Gasteiger partial charge in [0.2, 0.25) is 0 Å². The summed E-state index contributed by atoms with van der Waals surface area (Å²) < 4.78 is 1.99. The third-order valence-corrected chi connectivity index (χ3v) is 2.52. The molecule has 0 bridgehead atoms. The molecule has 0 spiro atoms. The second kappa shape index (κ2) is 4.13. The van der Waals surface area contributed by atoms with Gasteiger partial charge in [-0.3, -0.25) is 4.68 Å². The van der Waals surface area contributed by atoms with Gasteiger partial charge in [-0.1, -0.05) is 13.8 Å². The largest absolute Gasteiger partial charge is 0.393 e. The van der Waals surface area contributed by atoms with Crippen LogP contribution in [-0.4, -0.2) is 21.0 Å². The van der Waals surface area contributed by atoms with E-state index in [4.69, 9.17) is 0 Å². The van der Waals surface area contributed by atoms with Crippen LogP contribution in [0.25, 0.3) is 0 Å². The zero-order chi connectivity index (χ0) is 10.8. The molecule has 1 unspecified atom stereocenters. The molecule has 0 saturated carbocycles. The van der Waals surface area contributed by atoms with Crippen molar-refractivity contribution in [3.05, 3.63) is 18.0 Å². The molecule has 0 aromatic carbocycles. The van der Waals surface area contributed by atoms with Crippen molar-refractivity contribution >= 4 is 0 Å². The maximum absolute atomic E-state index is 9.42. The molecule has 14 heavy (non-hydrogen) atoms. The van der Waals surface area contributed by atoms with Crippen LogP contribution >= 0.6 is 0 Å². The molecular weight excluding hydrogens is 176 g/mol. The van der Waals surface area contributed by atoms with Crippen molar-refractivity contribution in [2.24, 2.45) is 0 Å². The van der Waals surface area contributed by atoms with E-state index in [0.29, 0.717) is 0 Å². The van der Waals surface area contributed by atoms with E-state index in [1.54, 1.807) is 0 Å². The Morgan fingerprint density at radius 3 is 2.71 bits per heavy atom. The van der Waals surface area contributed by atoms with Crippen LogP contribution in [0.4, 0.5) is 0 Å². The Kier molecular flexibility index (Phi) is 3.32. The summed E-state index contributed by atoms with van der Waals surface area (Å²) in [7, 11) is 0. The van der Waals surface area contributed by atoms with Crippen LogP contribution in [0.2, 0.25) is 0 Å². The summed E-state index contributed by atoms with van der Waals surface area (Å²) in [5.41, 5.74) is 1.18. The zero-order valence-corrected chi connectivity index (χ0v) is 9.49. The van der Waals surface area contributed by atoms with Crippen molar-refractivity contribution in [2.75, 3.05) is 0 Å². The van der Waals surface area contributed by atoms with E-state index >= 15 is 0 Å². The second-order valence-corrected chi connectivity index (χ2v) is 4.47. The molecule has 0 aliphatic rings. The molecular formula is C11H20N2O. The topological polar surface area (TPSA) is 38.0 Å². The van der Waals surface area contributed by atoms with E-state index in [1.165, 1.54) is 5.69 Å². The maximum atomic E-state index is 9.42. The van der Waals surface area contributed by atoms with Gasteiger partial charge in [-0.15, -0.1) is 0 Å². The molecule has 80 valence electrons. The van der Waals surface area contributed by atoms with Crippen LogP contribution in [0.5, 0.6) is 0 Å². The summed E-state index contributed by atoms with van der Waals surface area (Å²) in [6, 6.07) is 2.03. The van der Waals surface area contributed by atoms with Gasteiger partial charge in [0.05, 0.1) is 6.10 Å². The maximum Gasteiger partial charge on any atom is 0.0521 e. The van der Waals surface area contributed by atoms with Crippen LogP contribution in [-0.2, 0) is 12.0 Å². The minimum absolute atomic E-state index is 0.0132. The van der Waals surface area contributed by atoms with Crippen molar-refractivity contribution in [3.63, 3.8) is 0 Å². The van der Waals surface area contributed by atoms with Gasteiger partial charge >= 0.3 is 0 Å². The average molecular weight is 196 g/mol. The van der Waals surface area contributed by atoms with Gasteiger partial charge in [0.15, 0.2) is 0 Å². The van der Waals surface area contributed by atoms with Gasteiger partial charge in [-0.05, 0) is 26.3 Å². The molecule has 1 heterocycles. The van der Waals surface area contributed by atoms with Gasteiger partial charge in [-0.2, -0.15) is 5.10 Å². The van der Waals surface area contributed by atoms with E-state index in [1.807, 2.05) is 23.9 Å². The fraction of sp³-hybridized carbons (Fsp3) is 0.727. The lowest BCUT2D eigenvalue weighted by Gasteiger charge is -2.26. The zero-order valence-electron chi connectivity index (χ0n) is 9.49. The monoisotopic (exact) mass is 196 g/mol. The van der Waals surface area contributed by atoms with E-state index in [2.05, 4.69) is 25.9 Å². The van der Waals surface area contributed by atoms with E-state index in [0.717, 1.165) is 13.0 Å². The fourth-order valence-corrected chi connectivity index (χ4v) is 2.00. The molecule has 1 N–H and O–H groups in total. The van der Waals surface area contributed by atoms with Gasteiger partial charge in [0.25, 0.3) is 0 Å². The Morgan fingerprint density at radius 1 is 1.57 bits per heavy atom. The minimum atomic E-state index is -0.273. The van der Waals surface area contributed by atoms with Crippen molar-refractivity contribution in [1.29, 1.82) is 0 Å². The molecule has 1 aromatic heterocycles. The quantitative estimate of drug-likeness (QED) is 0.799. The van der Waals surface area contributed by atoms with Crippen LogP contribution in [0, 0.1) is 0 Å². The summed E-state index contributed by atoms with van der Waals surface area (Å²) in [5.74, 6) is 0. The van der Waals surface area contributed by atoms with Gasteiger partial charge in [-0.25, -0.2) is 0 Å². The number of aliphatic hydroxyl groups excluding tert-OH is 1. The SMILES string of the molecule is CCn1nccc1C(C)(C)CC(C)O. The molecule has 1 atom stereocenters. The normalized spacial score (nSPS) is 14.4. The van der Waals surface area contributed by atoms with Crippen LogP contribution in [0.1, 0.15) is 39.8 Å². The molecule has 0 radical (unpaired) electrons. The highest BCUT2D eigenvalue weighted by atomic mass is 16.3. The average Bonchev–Trinajstić information content (AvgIpc) is 2.48. The van der Waals surface area contributed by atoms with Crippen molar-refractivity contribution < 1.29 is 5.11 Å². The molecule has 1 rings (SSSR count).